The minimum Gasteiger partial charge on any atom is -0.370 e. The Morgan fingerprint density at radius 1 is 1.20 bits per heavy atom. The van der Waals surface area contributed by atoms with Crippen molar-refractivity contribution in [3.8, 4) is 0 Å². The number of thiophene rings is 1. The molecule has 0 saturated heterocycles. The van der Waals surface area contributed by atoms with Crippen molar-refractivity contribution in [2.45, 2.75) is 44.4 Å². The van der Waals surface area contributed by atoms with E-state index in [-0.39, 0.29) is 11.4 Å². The van der Waals surface area contributed by atoms with Crippen LogP contribution in [0.25, 0.3) is 20.4 Å². The molecule has 0 N–H and O–H groups in total. The van der Waals surface area contributed by atoms with Gasteiger partial charge in [-0.15, -0.1) is 11.3 Å². The van der Waals surface area contributed by atoms with Gasteiger partial charge in [0.2, 0.25) is 0 Å². The summed E-state index contributed by atoms with van der Waals surface area (Å²) in [6, 6.07) is 9.38. The molecule has 30 heavy (non-hydrogen) atoms. The monoisotopic (exact) mass is 435 g/mol. The molecule has 5 nitrogen and oxygen atoms in total. The molecule has 0 saturated carbocycles. The summed E-state index contributed by atoms with van der Waals surface area (Å²) < 4.78 is 7.03. The van der Waals surface area contributed by atoms with Crippen LogP contribution < -0.4 is 0 Å². The molecule has 4 aromatic rings. The van der Waals surface area contributed by atoms with Gasteiger partial charge < -0.3 is 4.74 Å². The third kappa shape index (κ3) is 3.41. The number of ether oxygens (including phenoxy) is 1. The Hall–Kier alpha value is -2.35. The summed E-state index contributed by atoms with van der Waals surface area (Å²) in [7, 11) is 0. The predicted octanol–water partition coefficient (Wildman–Crippen LogP) is 5.37. The fraction of sp³-hybridized carbons (Fsp3) is 0.304. The van der Waals surface area contributed by atoms with Gasteiger partial charge in [-0.05, 0) is 26.3 Å². The molecule has 0 fully saturated rings. The van der Waals surface area contributed by atoms with Crippen molar-refractivity contribution in [2.24, 2.45) is 0 Å². The third-order valence-corrected chi connectivity index (χ3v) is 7.64. The number of hydrogen-bond donors (Lipinski definition) is 0. The Labute approximate surface area is 182 Å². The second kappa shape index (κ2) is 7.41. The van der Waals surface area contributed by atoms with E-state index in [9.17, 15) is 4.79 Å². The lowest BCUT2D eigenvalue weighted by atomic mass is 9.89. The fourth-order valence-electron chi connectivity index (χ4n) is 3.89. The lowest BCUT2D eigenvalue weighted by Crippen LogP contribution is -2.32. The molecule has 152 valence electrons. The zero-order valence-electron chi connectivity index (χ0n) is 17.1. The largest absolute Gasteiger partial charge is 0.370 e. The lowest BCUT2D eigenvalue weighted by molar-refractivity contribution is -0.0400. The fourth-order valence-corrected chi connectivity index (χ4v) is 6.07. The SMILES string of the molecule is Cc1nc2sc3c(SCC(=O)c4ccccc4)ncnc3c2c2c1COC(C)(C)C2. The van der Waals surface area contributed by atoms with E-state index in [1.807, 2.05) is 37.3 Å². The molecule has 1 aromatic carbocycles. The second-order valence-electron chi connectivity index (χ2n) is 8.10. The first-order chi connectivity index (χ1) is 14.4. The summed E-state index contributed by atoms with van der Waals surface area (Å²) in [5, 5.41) is 1.95. The molecule has 1 aliphatic rings. The van der Waals surface area contributed by atoms with E-state index in [1.54, 1.807) is 17.7 Å². The van der Waals surface area contributed by atoms with Crippen molar-refractivity contribution in [3.05, 3.63) is 59.0 Å². The van der Waals surface area contributed by atoms with E-state index in [1.165, 1.54) is 22.9 Å². The molecule has 0 unspecified atom stereocenters. The molecular weight excluding hydrogens is 414 g/mol. The molecule has 0 atom stereocenters. The van der Waals surface area contributed by atoms with Crippen LogP contribution in [0.1, 0.15) is 41.0 Å². The topological polar surface area (TPSA) is 65.0 Å². The predicted molar refractivity (Wildman–Crippen MR) is 122 cm³/mol. The van der Waals surface area contributed by atoms with Gasteiger partial charge in [-0.1, -0.05) is 42.1 Å². The molecule has 0 aliphatic carbocycles. The van der Waals surface area contributed by atoms with E-state index in [0.717, 1.165) is 43.1 Å². The summed E-state index contributed by atoms with van der Waals surface area (Å²) in [6.07, 6.45) is 2.42. The number of hydrogen-bond acceptors (Lipinski definition) is 7. The Balaban J connectivity index is 1.57. The van der Waals surface area contributed by atoms with Crippen molar-refractivity contribution >= 4 is 49.3 Å². The second-order valence-corrected chi connectivity index (χ2v) is 10.1. The number of ketones is 1. The van der Waals surface area contributed by atoms with Crippen molar-refractivity contribution in [1.82, 2.24) is 15.0 Å². The molecule has 0 spiro atoms. The lowest BCUT2D eigenvalue weighted by Gasteiger charge is -2.32. The molecular formula is C23H21N3O2S2. The average molecular weight is 436 g/mol. The van der Waals surface area contributed by atoms with Crippen molar-refractivity contribution in [2.75, 3.05) is 5.75 Å². The molecule has 0 bridgehead atoms. The number of carbonyl (C=O) groups is 1. The first kappa shape index (κ1) is 19.6. The molecule has 5 rings (SSSR count). The van der Waals surface area contributed by atoms with Gasteiger partial charge in [0.25, 0.3) is 0 Å². The number of rotatable bonds is 4. The normalized spacial score (nSPS) is 15.4. The molecule has 0 radical (unpaired) electrons. The number of fused-ring (bicyclic) bond motifs is 5. The van der Waals surface area contributed by atoms with Crippen LogP contribution in [0, 0.1) is 6.92 Å². The Morgan fingerprint density at radius 3 is 2.80 bits per heavy atom. The number of pyridine rings is 1. The highest BCUT2D eigenvalue weighted by Gasteiger charge is 2.31. The number of carbonyl (C=O) groups excluding carboxylic acids is 1. The van der Waals surface area contributed by atoms with Crippen LogP contribution >= 0.6 is 23.1 Å². The van der Waals surface area contributed by atoms with E-state index < -0.39 is 0 Å². The number of Topliss-reactive ketones (excluding diaryl/α,β-unsaturated/α-hetero) is 1. The minimum absolute atomic E-state index is 0.0960. The Kier molecular flexibility index (Phi) is 4.84. The summed E-state index contributed by atoms with van der Waals surface area (Å²) >= 11 is 3.08. The number of aromatic nitrogens is 3. The number of thioether (sulfide) groups is 1. The smallest absolute Gasteiger partial charge is 0.173 e. The van der Waals surface area contributed by atoms with Crippen molar-refractivity contribution in [3.63, 3.8) is 0 Å². The maximum absolute atomic E-state index is 12.5. The van der Waals surface area contributed by atoms with Gasteiger partial charge in [-0.2, -0.15) is 0 Å². The number of benzene rings is 1. The van der Waals surface area contributed by atoms with Gasteiger partial charge in [0.15, 0.2) is 5.78 Å². The summed E-state index contributed by atoms with van der Waals surface area (Å²) in [4.78, 5) is 27.5. The van der Waals surface area contributed by atoms with Crippen molar-refractivity contribution in [1.29, 1.82) is 0 Å². The van der Waals surface area contributed by atoms with Crippen LogP contribution in [0.5, 0.6) is 0 Å². The molecule has 0 amide bonds. The maximum Gasteiger partial charge on any atom is 0.173 e. The average Bonchev–Trinajstić information content (AvgIpc) is 3.10. The summed E-state index contributed by atoms with van der Waals surface area (Å²) in [6.45, 7) is 6.87. The summed E-state index contributed by atoms with van der Waals surface area (Å²) in [5.41, 5.74) is 4.92. The molecule has 1 aliphatic heterocycles. The van der Waals surface area contributed by atoms with E-state index in [2.05, 4.69) is 23.8 Å². The van der Waals surface area contributed by atoms with Gasteiger partial charge in [0, 0.05) is 28.6 Å². The highest BCUT2D eigenvalue weighted by atomic mass is 32.2. The summed E-state index contributed by atoms with van der Waals surface area (Å²) in [5.74, 6) is 0.439. The van der Waals surface area contributed by atoms with Gasteiger partial charge in [0.1, 0.15) is 16.2 Å². The van der Waals surface area contributed by atoms with Crippen LogP contribution in [-0.2, 0) is 17.8 Å². The first-order valence-corrected chi connectivity index (χ1v) is 11.6. The highest BCUT2D eigenvalue weighted by Crippen LogP contribution is 2.42. The number of aryl methyl sites for hydroxylation is 1. The van der Waals surface area contributed by atoms with Crippen LogP contribution in [0.15, 0.2) is 41.7 Å². The zero-order valence-corrected chi connectivity index (χ0v) is 18.7. The van der Waals surface area contributed by atoms with Gasteiger partial charge >= 0.3 is 0 Å². The highest BCUT2D eigenvalue weighted by molar-refractivity contribution is 8.00. The van der Waals surface area contributed by atoms with Crippen LogP contribution in [0.3, 0.4) is 0 Å². The quantitative estimate of drug-likeness (QED) is 0.244. The van der Waals surface area contributed by atoms with Crippen LogP contribution in [0.4, 0.5) is 0 Å². The Morgan fingerprint density at radius 2 is 2.00 bits per heavy atom. The van der Waals surface area contributed by atoms with Crippen molar-refractivity contribution < 1.29 is 9.53 Å². The first-order valence-electron chi connectivity index (χ1n) is 9.83. The van der Waals surface area contributed by atoms with Gasteiger partial charge in [0.05, 0.1) is 28.2 Å². The van der Waals surface area contributed by atoms with Crippen LogP contribution in [0.2, 0.25) is 0 Å². The maximum atomic E-state index is 12.5. The molecule has 3 aromatic heterocycles. The molecule has 7 heteroatoms. The third-order valence-electron chi connectivity index (χ3n) is 5.44. The number of nitrogens with zero attached hydrogens (tertiary/aromatic N) is 3. The zero-order chi connectivity index (χ0) is 20.9. The Bertz CT molecular complexity index is 1280. The van der Waals surface area contributed by atoms with E-state index in [4.69, 9.17) is 9.72 Å². The van der Waals surface area contributed by atoms with Gasteiger partial charge in [-0.3, -0.25) is 4.79 Å². The minimum atomic E-state index is -0.214. The van der Waals surface area contributed by atoms with Gasteiger partial charge in [-0.25, -0.2) is 15.0 Å². The van der Waals surface area contributed by atoms with E-state index in [0.29, 0.717) is 12.4 Å². The molecule has 4 heterocycles. The standard InChI is InChI=1S/C23H21N3O2S2/c1-13-16-10-28-23(2,3)9-15(16)18-19-20(30-21(18)26-13)22(25-12-24-19)29-11-17(27)14-7-5-4-6-8-14/h4-8,12H,9-11H2,1-3H3. The van der Waals surface area contributed by atoms with Crippen LogP contribution in [-0.4, -0.2) is 32.1 Å². The van der Waals surface area contributed by atoms with E-state index >= 15 is 0 Å².